The number of carbonyl (C=O) groups is 3. The van der Waals surface area contributed by atoms with Gasteiger partial charge in [-0.1, -0.05) is 48.5 Å². The van der Waals surface area contributed by atoms with Crippen molar-refractivity contribution < 1.29 is 14.4 Å². The summed E-state index contributed by atoms with van der Waals surface area (Å²) < 4.78 is 1.81. The molecule has 7 heteroatoms. The lowest BCUT2D eigenvalue weighted by molar-refractivity contribution is -0.130. The summed E-state index contributed by atoms with van der Waals surface area (Å²) >= 11 is 0. The van der Waals surface area contributed by atoms with E-state index in [1.807, 2.05) is 51.9 Å². The van der Waals surface area contributed by atoms with Crippen LogP contribution in [0.5, 0.6) is 0 Å². The fourth-order valence-electron chi connectivity index (χ4n) is 4.98. The number of nitrogens with zero attached hydrogens (tertiary/aromatic N) is 4. The molecule has 5 rings (SSSR count). The van der Waals surface area contributed by atoms with E-state index in [1.165, 1.54) is 5.56 Å². The van der Waals surface area contributed by atoms with Crippen molar-refractivity contribution in [2.45, 2.75) is 25.9 Å². The van der Waals surface area contributed by atoms with Crippen molar-refractivity contribution in [3.05, 3.63) is 71.9 Å². The number of likely N-dealkylation sites (tertiary alicyclic amines) is 1. The van der Waals surface area contributed by atoms with Gasteiger partial charge in [-0.3, -0.25) is 19.3 Å². The molecule has 2 aliphatic rings. The molecule has 34 heavy (non-hydrogen) atoms. The molecule has 0 radical (unpaired) electrons. The van der Waals surface area contributed by atoms with Crippen LogP contribution in [0.2, 0.25) is 0 Å². The molecular weight excluding hydrogens is 428 g/mol. The van der Waals surface area contributed by atoms with E-state index in [0.717, 1.165) is 56.5 Å². The normalized spacial score (nSPS) is 16.8. The van der Waals surface area contributed by atoms with Gasteiger partial charge in [-0.05, 0) is 24.5 Å². The first-order valence-corrected chi connectivity index (χ1v) is 12.1. The van der Waals surface area contributed by atoms with Crippen LogP contribution in [0.3, 0.4) is 0 Å². The monoisotopic (exact) mass is 458 g/mol. The predicted molar refractivity (Wildman–Crippen MR) is 130 cm³/mol. The average Bonchev–Trinajstić information content (AvgIpc) is 3.53. The quantitative estimate of drug-likeness (QED) is 0.421. The Morgan fingerprint density at radius 2 is 1.41 bits per heavy atom. The van der Waals surface area contributed by atoms with Crippen molar-refractivity contribution in [2.75, 3.05) is 39.3 Å². The van der Waals surface area contributed by atoms with E-state index in [0.29, 0.717) is 18.7 Å². The number of fused-ring (bicyclic) bond motifs is 1. The summed E-state index contributed by atoms with van der Waals surface area (Å²) in [6.07, 6.45) is 3.76. The molecule has 2 aliphatic heterocycles. The van der Waals surface area contributed by atoms with Gasteiger partial charge in [-0.25, -0.2) is 0 Å². The summed E-state index contributed by atoms with van der Waals surface area (Å²) in [7, 11) is 0. The summed E-state index contributed by atoms with van der Waals surface area (Å²) in [5.41, 5.74) is 2.43. The standard InChI is InChI=1S/C27H30N4O3/c32-25(29-12-6-7-13-29)20-31-19-23(22-10-4-5-11-24(22)31)26(33)27(34)30-16-14-28(15-17-30)18-21-8-2-1-3-9-21/h1-5,8-11,19H,6-7,12-18,20H2. The molecule has 0 atom stereocenters. The van der Waals surface area contributed by atoms with E-state index < -0.39 is 11.7 Å². The minimum Gasteiger partial charge on any atom is -0.341 e. The van der Waals surface area contributed by atoms with Crippen LogP contribution >= 0.6 is 0 Å². The SMILES string of the molecule is O=C(C(=O)N1CCN(Cc2ccccc2)CC1)c1cn(CC(=O)N2CCCC2)c2ccccc12. The van der Waals surface area contributed by atoms with E-state index in [4.69, 9.17) is 0 Å². The Kier molecular flexibility index (Phi) is 6.45. The zero-order chi connectivity index (χ0) is 23.5. The highest BCUT2D eigenvalue weighted by Gasteiger charge is 2.29. The number of carbonyl (C=O) groups excluding carboxylic acids is 3. The Labute approximate surface area is 199 Å². The molecule has 2 saturated heterocycles. The lowest BCUT2D eigenvalue weighted by Crippen LogP contribution is -2.50. The first kappa shape index (κ1) is 22.3. The lowest BCUT2D eigenvalue weighted by Gasteiger charge is -2.34. The fourth-order valence-corrected chi connectivity index (χ4v) is 4.98. The lowest BCUT2D eigenvalue weighted by atomic mass is 10.1. The second-order valence-electron chi connectivity index (χ2n) is 9.16. The van der Waals surface area contributed by atoms with Gasteiger partial charge in [0.25, 0.3) is 11.7 Å². The number of para-hydroxylation sites is 1. The third-order valence-electron chi connectivity index (χ3n) is 6.90. The van der Waals surface area contributed by atoms with Crippen LogP contribution in [0.1, 0.15) is 28.8 Å². The van der Waals surface area contributed by atoms with Gasteiger partial charge >= 0.3 is 0 Å². The molecule has 2 aromatic carbocycles. The zero-order valence-corrected chi connectivity index (χ0v) is 19.4. The second kappa shape index (κ2) is 9.81. The van der Waals surface area contributed by atoms with Crippen LogP contribution in [0.15, 0.2) is 60.8 Å². The molecule has 176 valence electrons. The van der Waals surface area contributed by atoms with Crippen LogP contribution in [0.4, 0.5) is 0 Å². The summed E-state index contributed by atoms with van der Waals surface area (Å²) in [5, 5.41) is 0.720. The van der Waals surface area contributed by atoms with Gasteiger partial charge < -0.3 is 14.4 Å². The third kappa shape index (κ3) is 4.61. The molecule has 7 nitrogen and oxygen atoms in total. The van der Waals surface area contributed by atoms with Gasteiger partial charge in [0.1, 0.15) is 6.54 Å². The van der Waals surface area contributed by atoms with E-state index in [9.17, 15) is 14.4 Å². The number of Topliss-reactive ketones (excluding diaryl/α,β-unsaturated/α-hetero) is 1. The first-order chi connectivity index (χ1) is 16.6. The number of piperazine rings is 1. The molecule has 2 amide bonds. The van der Waals surface area contributed by atoms with Crippen LogP contribution in [0.25, 0.3) is 10.9 Å². The predicted octanol–water partition coefficient (Wildman–Crippen LogP) is 2.79. The maximum atomic E-state index is 13.3. The van der Waals surface area contributed by atoms with Crippen LogP contribution in [-0.4, -0.2) is 76.1 Å². The molecule has 0 spiro atoms. The molecule has 0 unspecified atom stereocenters. The summed E-state index contributed by atoms with van der Waals surface area (Å²) in [5.74, 6) is -0.911. The van der Waals surface area contributed by atoms with E-state index in [1.54, 1.807) is 11.1 Å². The molecule has 1 aromatic heterocycles. The number of benzene rings is 2. The van der Waals surface area contributed by atoms with Gasteiger partial charge in [-0.2, -0.15) is 0 Å². The first-order valence-electron chi connectivity index (χ1n) is 12.1. The molecule has 0 N–H and O–H groups in total. The molecule has 0 saturated carbocycles. The largest absolute Gasteiger partial charge is 0.341 e. The van der Waals surface area contributed by atoms with Gasteiger partial charge in [0.05, 0.1) is 5.56 Å². The van der Waals surface area contributed by atoms with Crippen molar-refractivity contribution in [1.29, 1.82) is 0 Å². The fraction of sp³-hybridized carbons (Fsp3) is 0.370. The molecule has 3 aromatic rings. The van der Waals surface area contributed by atoms with Gasteiger partial charge in [0, 0.05) is 62.9 Å². The zero-order valence-electron chi connectivity index (χ0n) is 19.4. The maximum absolute atomic E-state index is 13.3. The second-order valence-corrected chi connectivity index (χ2v) is 9.16. The molecule has 0 aliphatic carbocycles. The van der Waals surface area contributed by atoms with Crippen molar-refractivity contribution in [1.82, 2.24) is 19.3 Å². The third-order valence-corrected chi connectivity index (χ3v) is 6.90. The molecular formula is C27H30N4O3. The van der Waals surface area contributed by atoms with Crippen molar-refractivity contribution >= 4 is 28.5 Å². The minimum atomic E-state index is -0.500. The Balaban J connectivity index is 1.27. The van der Waals surface area contributed by atoms with Crippen LogP contribution in [0, 0.1) is 0 Å². The van der Waals surface area contributed by atoms with E-state index in [-0.39, 0.29) is 12.5 Å². The highest BCUT2D eigenvalue weighted by molar-refractivity contribution is 6.44. The number of hydrogen-bond acceptors (Lipinski definition) is 4. The number of hydrogen-bond donors (Lipinski definition) is 0. The summed E-state index contributed by atoms with van der Waals surface area (Å²) in [6.45, 7) is 5.14. The van der Waals surface area contributed by atoms with Crippen molar-refractivity contribution in [3.63, 3.8) is 0 Å². The molecule has 2 fully saturated rings. The summed E-state index contributed by atoms with van der Waals surface area (Å²) in [4.78, 5) is 44.9. The smallest absolute Gasteiger partial charge is 0.295 e. The Morgan fingerprint density at radius 1 is 0.735 bits per heavy atom. The van der Waals surface area contributed by atoms with E-state index >= 15 is 0 Å². The number of ketones is 1. The Bertz CT molecular complexity index is 1190. The topological polar surface area (TPSA) is 65.9 Å². The van der Waals surface area contributed by atoms with Crippen molar-refractivity contribution in [2.24, 2.45) is 0 Å². The highest BCUT2D eigenvalue weighted by Crippen LogP contribution is 2.23. The van der Waals surface area contributed by atoms with Crippen LogP contribution < -0.4 is 0 Å². The van der Waals surface area contributed by atoms with Crippen molar-refractivity contribution in [3.8, 4) is 0 Å². The Morgan fingerprint density at radius 3 is 2.15 bits per heavy atom. The minimum absolute atomic E-state index is 0.0538. The maximum Gasteiger partial charge on any atom is 0.295 e. The average molecular weight is 459 g/mol. The van der Waals surface area contributed by atoms with Gasteiger partial charge in [-0.15, -0.1) is 0 Å². The van der Waals surface area contributed by atoms with E-state index in [2.05, 4.69) is 17.0 Å². The van der Waals surface area contributed by atoms with Gasteiger partial charge in [0.2, 0.25) is 5.91 Å². The van der Waals surface area contributed by atoms with Gasteiger partial charge in [0.15, 0.2) is 0 Å². The number of rotatable bonds is 6. The van der Waals surface area contributed by atoms with Crippen LogP contribution in [-0.2, 0) is 22.7 Å². The Hall–Kier alpha value is -3.45. The molecule has 3 heterocycles. The number of aromatic nitrogens is 1. The molecule has 0 bridgehead atoms. The highest BCUT2D eigenvalue weighted by atomic mass is 16.2. The summed E-state index contributed by atoms with van der Waals surface area (Å²) in [6, 6.07) is 17.8. The number of amides is 2.